The van der Waals surface area contributed by atoms with E-state index >= 15 is 0 Å². The third kappa shape index (κ3) is 3.01. The van der Waals surface area contributed by atoms with Crippen molar-refractivity contribution in [3.8, 4) is 0 Å². The number of carbonyl (C=O) groups is 1. The van der Waals surface area contributed by atoms with Crippen molar-refractivity contribution in [2.45, 2.75) is 33.2 Å². The molecule has 0 spiro atoms. The maximum absolute atomic E-state index is 12.3. The van der Waals surface area contributed by atoms with Gasteiger partial charge in [-0.3, -0.25) is 9.48 Å². The molecule has 0 aliphatic carbocycles. The van der Waals surface area contributed by atoms with Crippen LogP contribution in [0.15, 0.2) is 11.5 Å². The molecule has 4 N–H and O–H groups in total. The molecule has 8 heteroatoms. The molecule has 0 aliphatic rings. The summed E-state index contributed by atoms with van der Waals surface area (Å²) in [7, 11) is 1.75. The molecular formula is C11H20N6O2. The van der Waals surface area contributed by atoms with Crippen LogP contribution in [-0.2, 0) is 18.4 Å². The molecule has 1 rings (SSSR count). The molecule has 0 bridgehead atoms. The zero-order valence-corrected chi connectivity index (χ0v) is 11.4. The SMILES string of the molecule is CCC(CC)(C(=O)NCc1ncn(C)n1)C(N)=NO. The Balaban J connectivity index is 2.78. The van der Waals surface area contributed by atoms with E-state index in [9.17, 15) is 4.79 Å². The van der Waals surface area contributed by atoms with Crippen LogP contribution in [0.5, 0.6) is 0 Å². The average molecular weight is 268 g/mol. The van der Waals surface area contributed by atoms with Crippen LogP contribution in [-0.4, -0.2) is 31.7 Å². The number of amides is 1. The summed E-state index contributed by atoms with van der Waals surface area (Å²) in [5.41, 5.74) is 4.65. The summed E-state index contributed by atoms with van der Waals surface area (Å²) in [5, 5.41) is 18.6. The van der Waals surface area contributed by atoms with Gasteiger partial charge in [-0.1, -0.05) is 19.0 Å². The van der Waals surface area contributed by atoms with Crippen LogP contribution in [0.1, 0.15) is 32.5 Å². The van der Waals surface area contributed by atoms with Crippen molar-refractivity contribution in [1.29, 1.82) is 0 Å². The highest BCUT2D eigenvalue weighted by Crippen LogP contribution is 2.27. The first-order valence-corrected chi connectivity index (χ1v) is 6.11. The van der Waals surface area contributed by atoms with Gasteiger partial charge in [0.1, 0.15) is 11.7 Å². The average Bonchev–Trinajstić information content (AvgIpc) is 2.83. The molecule has 1 amide bonds. The molecule has 0 aromatic carbocycles. The molecule has 0 unspecified atom stereocenters. The molecule has 0 radical (unpaired) electrons. The Hall–Kier alpha value is -2.12. The highest BCUT2D eigenvalue weighted by atomic mass is 16.4. The Morgan fingerprint density at radius 3 is 2.63 bits per heavy atom. The zero-order chi connectivity index (χ0) is 14.5. The van der Waals surface area contributed by atoms with Gasteiger partial charge in [0, 0.05) is 7.05 Å². The fourth-order valence-electron chi connectivity index (χ4n) is 1.94. The van der Waals surface area contributed by atoms with Gasteiger partial charge in [0.25, 0.3) is 0 Å². The van der Waals surface area contributed by atoms with Crippen LogP contribution in [0, 0.1) is 5.41 Å². The Morgan fingerprint density at radius 1 is 1.58 bits per heavy atom. The van der Waals surface area contributed by atoms with Crippen LogP contribution in [0.25, 0.3) is 0 Å². The van der Waals surface area contributed by atoms with E-state index in [-0.39, 0.29) is 18.3 Å². The van der Waals surface area contributed by atoms with E-state index in [0.717, 1.165) is 0 Å². The number of aryl methyl sites for hydroxylation is 1. The van der Waals surface area contributed by atoms with E-state index in [4.69, 9.17) is 10.9 Å². The first-order valence-electron chi connectivity index (χ1n) is 6.11. The van der Waals surface area contributed by atoms with Crippen LogP contribution < -0.4 is 11.1 Å². The van der Waals surface area contributed by atoms with Gasteiger partial charge in [0.15, 0.2) is 11.7 Å². The molecule has 0 fully saturated rings. The lowest BCUT2D eigenvalue weighted by molar-refractivity contribution is -0.128. The maximum atomic E-state index is 12.3. The summed E-state index contributed by atoms with van der Waals surface area (Å²) in [4.78, 5) is 16.3. The molecular weight excluding hydrogens is 248 g/mol. The zero-order valence-electron chi connectivity index (χ0n) is 11.4. The van der Waals surface area contributed by atoms with Crippen molar-refractivity contribution in [3.63, 3.8) is 0 Å². The van der Waals surface area contributed by atoms with Gasteiger partial charge >= 0.3 is 0 Å². The number of hydrogen-bond donors (Lipinski definition) is 3. The number of nitrogens with one attached hydrogen (secondary N) is 1. The van der Waals surface area contributed by atoms with E-state index in [1.54, 1.807) is 18.1 Å². The van der Waals surface area contributed by atoms with Gasteiger partial charge in [0.05, 0.1) is 6.54 Å². The van der Waals surface area contributed by atoms with E-state index in [1.807, 2.05) is 13.8 Å². The summed E-state index contributed by atoms with van der Waals surface area (Å²) in [5.74, 6) is 0.140. The van der Waals surface area contributed by atoms with E-state index < -0.39 is 5.41 Å². The van der Waals surface area contributed by atoms with Gasteiger partial charge in [-0.05, 0) is 12.8 Å². The third-order valence-corrected chi connectivity index (χ3v) is 3.29. The van der Waals surface area contributed by atoms with Crippen LogP contribution in [0.3, 0.4) is 0 Å². The quantitative estimate of drug-likeness (QED) is 0.290. The second kappa shape index (κ2) is 6.17. The summed E-state index contributed by atoms with van der Waals surface area (Å²) < 4.78 is 1.55. The smallest absolute Gasteiger partial charge is 0.234 e. The summed E-state index contributed by atoms with van der Waals surface area (Å²) in [6.07, 6.45) is 2.44. The summed E-state index contributed by atoms with van der Waals surface area (Å²) in [6.45, 7) is 3.85. The topological polar surface area (TPSA) is 118 Å². The predicted octanol–water partition coefficient (Wildman–Crippen LogP) is -0.0159. The Kier molecular flexibility index (Phi) is 4.85. The van der Waals surface area contributed by atoms with Crippen molar-refractivity contribution < 1.29 is 10.0 Å². The number of amidine groups is 1. The van der Waals surface area contributed by atoms with Crippen molar-refractivity contribution in [2.75, 3.05) is 0 Å². The lowest BCUT2D eigenvalue weighted by Crippen LogP contribution is -2.49. The van der Waals surface area contributed by atoms with Crippen molar-refractivity contribution in [2.24, 2.45) is 23.4 Å². The molecule has 1 heterocycles. The fourth-order valence-corrected chi connectivity index (χ4v) is 1.94. The van der Waals surface area contributed by atoms with E-state index in [1.165, 1.54) is 0 Å². The number of carbonyl (C=O) groups excluding carboxylic acids is 1. The van der Waals surface area contributed by atoms with Crippen molar-refractivity contribution in [3.05, 3.63) is 12.2 Å². The molecule has 1 aromatic rings. The van der Waals surface area contributed by atoms with Crippen LogP contribution >= 0.6 is 0 Å². The second-order valence-corrected chi connectivity index (χ2v) is 4.29. The minimum atomic E-state index is -0.996. The Bertz CT molecular complexity index is 464. The fraction of sp³-hybridized carbons (Fsp3) is 0.636. The van der Waals surface area contributed by atoms with Crippen molar-refractivity contribution in [1.82, 2.24) is 20.1 Å². The molecule has 0 aliphatic heterocycles. The monoisotopic (exact) mass is 268 g/mol. The Morgan fingerprint density at radius 2 is 2.21 bits per heavy atom. The van der Waals surface area contributed by atoms with Gasteiger partial charge in [-0.25, -0.2) is 4.98 Å². The van der Waals surface area contributed by atoms with Gasteiger partial charge in [-0.15, -0.1) is 0 Å². The lowest BCUT2D eigenvalue weighted by Gasteiger charge is -2.28. The lowest BCUT2D eigenvalue weighted by atomic mass is 9.80. The number of oxime groups is 1. The highest BCUT2D eigenvalue weighted by molar-refractivity contribution is 6.06. The van der Waals surface area contributed by atoms with Gasteiger partial charge < -0.3 is 16.3 Å². The number of aromatic nitrogens is 3. The second-order valence-electron chi connectivity index (χ2n) is 4.29. The minimum Gasteiger partial charge on any atom is -0.409 e. The van der Waals surface area contributed by atoms with E-state index in [2.05, 4.69) is 20.6 Å². The molecule has 0 saturated carbocycles. The van der Waals surface area contributed by atoms with Crippen LogP contribution in [0.2, 0.25) is 0 Å². The van der Waals surface area contributed by atoms with Gasteiger partial charge in [-0.2, -0.15) is 5.10 Å². The van der Waals surface area contributed by atoms with E-state index in [0.29, 0.717) is 18.7 Å². The molecule has 106 valence electrons. The molecule has 1 aromatic heterocycles. The standard InChI is InChI=1S/C11H20N6O2/c1-4-11(5-2,9(12)16-19)10(18)13-6-8-14-7-17(3)15-8/h7,19H,4-6H2,1-3H3,(H2,12,16)(H,13,18). The molecule has 0 saturated heterocycles. The normalized spacial score (nSPS) is 12.5. The van der Waals surface area contributed by atoms with Crippen molar-refractivity contribution >= 4 is 11.7 Å². The maximum Gasteiger partial charge on any atom is 0.234 e. The summed E-state index contributed by atoms with van der Waals surface area (Å²) >= 11 is 0. The predicted molar refractivity (Wildman–Crippen MR) is 69.3 cm³/mol. The number of nitrogens with zero attached hydrogens (tertiary/aromatic N) is 4. The third-order valence-electron chi connectivity index (χ3n) is 3.29. The molecule has 19 heavy (non-hydrogen) atoms. The molecule has 8 nitrogen and oxygen atoms in total. The number of nitrogens with two attached hydrogens (primary N) is 1. The van der Waals surface area contributed by atoms with Gasteiger partial charge in [0.2, 0.25) is 5.91 Å². The largest absolute Gasteiger partial charge is 0.409 e. The minimum absolute atomic E-state index is 0.0796. The number of hydrogen-bond acceptors (Lipinski definition) is 5. The Labute approximate surface area is 111 Å². The number of rotatable bonds is 6. The molecule has 0 atom stereocenters. The first kappa shape index (κ1) is 14.9. The first-order chi connectivity index (χ1) is 9.00. The highest BCUT2D eigenvalue weighted by Gasteiger charge is 2.39. The van der Waals surface area contributed by atoms with Crippen LogP contribution in [0.4, 0.5) is 0 Å². The summed E-state index contributed by atoms with van der Waals surface area (Å²) in [6, 6.07) is 0.